The van der Waals surface area contributed by atoms with Crippen molar-refractivity contribution in [3.05, 3.63) is 42.9 Å². The van der Waals surface area contributed by atoms with Crippen molar-refractivity contribution in [3.63, 3.8) is 0 Å². The molecule has 1 saturated heterocycles. The van der Waals surface area contributed by atoms with Crippen molar-refractivity contribution in [1.82, 2.24) is 24.6 Å². The molecule has 0 atom stereocenters. The van der Waals surface area contributed by atoms with Gasteiger partial charge in [0.05, 0.1) is 35.2 Å². The number of nitrogens with two attached hydrogens (primary N) is 1. The predicted molar refractivity (Wildman–Crippen MR) is 106 cm³/mol. The summed E-state index contributed by atoms with van der Waals surface area (Å²) < 4.78 is 6.95. The molecule has 3 heterocycles. The average molecular weight is 394 g/mol. The highest BCUT2D eigenvalue weighted by atomic mass is 16.5. The lowest BCUT2D eigenvalue weighted by Crippen LogP contribution is -2.41. The number of nitrogens with zero attached hydrogens (tertiary/aromatic N) is 5. The molecule has 0 unspecified atom stereocenters. The monoisotopic (exact) mass is 394 g/mol. The second kappa shape index (κ2) is 8.36. The molecule has 2 N–H and O–H groups in total. The van der Waals surface area contributed by atoms with Gasteiger partial charge in [0.15, 0.2) is 0 Å². The molecule has 1 aliphatic heterocycles. The van der Waals surface area contributed by atoms with Crippen molar-refractivity contribution in [2.24, 2.45) is 5.73 Å². The van der Waals surface area contributed by atoms with E-state index in [1.54, 1.807) is 17.3 Å². The molecule has 150 valence electrons. The van der Waals surface area contributed by atoms with Gasteiger partial charge < -0.3 is 15.4 Å². The topological polar surface area (TPSA) is 116 Å². The van der Waals surface area contributed by atoms with Gasteiger partial charge in [0.2, 0.25) is 11.8 Å². The molecule has 1 aliphatic rings. The molecule has 0 saturated carbocycles. The molecule has 1 aromatic carbocycles. The number of hydrogen-bond donors (Lipinski definition) is 1. The van der Waals surface area contributed by atoms with Crippen molar-refractivity contribution in [1.29, 1.82) is 0 Å². The van der Waals surface area contributed by atoms with Gasteiger partial charge in [-0.25, -0.2) is 4.98 Å². The highest BCUT2D eigenvalue weighted by molar-refractivity contribution is 5.79. The van der Waals surface area contributed by atoms with Crippen molar-refractivity contribution in [3.8, 4) is 11.3 Å². The number of carbonyl (C=O) groups excluding carboxylic acids is 2. The van der Waals surface area contributed by atoms with Crippen LogP contribution in [-0.4, -0.2) is 62.8 Å². The number of fused-ring (bicyclic) bond motifs is 1. The predicted octanol–water partition coefficient (Wildman–Crippen LogP) is 1.16. The SMILES string of the molecule is NC(=O)COCC(=O)N1CCC(n2cc(-c3cnc4ccccc4n3)cn2)CC1. The van der Waals surface area contributed by atoms with E-state index in [4.69, 9.17) is 10.5 Å². The van der Waals surface area contributed by atoms with Crippen LogP contribution in [0.5, 0.6) is 0 Å². The van der Waals surface area contributed by atoms with Crippen LogP contribution in [0.15, 0.2) is 42.9 Å². The van der Waals surface area contributed by atoms with Crippen LogP contribution in [0.1, 0.15) is 18.9 Å². The minimum Gasteiger partial charge on any atom is -0.368 e. The van der Waals surface area contributed by atoms with Gasteiger partial charge in [-0.2, -0.15) is 5.10 Å². The number of ether oxygens (including phenoxy) is 1. The molecule has 9 heteroatoms. The van der Waals surface area contributed by atoms with E-state index in [-0.39, 0.29) is 25.2 Å². The molecule has 0 bridgehead atoms. The summed E-state index contributed by atoms with van der Waals surface area (Å²) in [6.07, 6.45) is 7.14. The number of aromatic nitrogens is 4. The molecule has 0 aliphatic carbocycles. The second-order valence-electron chi connectivity index (χ2n) is 7.02. The molecule has 3 aromatic rings. The van der Waals surface area contributed by atoms with Crippen LogP contribution in [0.3, 0.4) is 0 Å². The van der Waals surface area contributed by atoms with E-state index < -0.39 is 5.91 Å². The minimum atomic E-state index is -0.581. The van der Waals surface area contributed by atoms with Crippen LogP contribution in [0.4, 0.5) is 0 Å². The Morgan fingerprint density at radius 1 is 1.10 bits per heavy atom. The first-order valence-electron chi connectivity index (χ1n) is 9.50. The quantitative estimate of drug-likeness (QED) is 0.671. The standard InChI is InChI=1S/C20H22N6O3/c21-19(27)12-29-13-20(28)25-7-5-15(6-8-25)26-11-14(9-23-26)18-10-22-16-3-1-2-4-17(16)24-18/h1-4,9-11,15H,5-8,12-13H2,(H2,21,27). The Kier molecular flexibility index (Phi) is 5.48. The number of carbonyl (C=O) groups is 2. The molecule has 2 aromatic heterocycles. The maximum atomic E-state index is 12.1. The highest BCUT2D eigenvalue weighted by Crippen LogP contribution is 2.25. The number of amides is 2. The Labute approximate surface area is 167 Å². The zero-order valence-corrected chi connectivity index (χ0v) is 15.9. The number of rotatable bonds is 6. The van der Waals surface area contributed by atoms with E-state index in [1.165, 1.54) is 0 Å². The van der Waals surface area contributed by atoms with E-state index >= 15 is 0 Å². The van der Waals surface area contributed by atoms with Gasteiger partial charge in [-0.05, 0) is 25.0 Å². The fraction of sp³-hybridized carbons (Fsp3) is 0.350. The molecule has 4 rings (SSSR count). The maximum Gasteiger partial charge on any atom is 0.248 e. The Bertz CT molecular complexity index is 1030. The molecule has 1 fully saturated rings. The Morgan fingerprint density at radius 3 is 2.62 bits per heavy atom. The van der Waals surface area contributed by atoms with Crippen LogP contribution in [0.25, 0.3) is 22.3 Å². The summed E-state index contributed by atoms with van der Waals surface area (Å²) in [5.41, 5.74) is 8.42. The van der Waals surface area contributed by atoms with Crippen molar-refractivity contribution in [2.45, 2.75) is 18.9 Å². The maximum absolute atomic E-state index is 12.1. The third kappa shape index (κ3) is 4.40. The third-order valence-electron chi connectivity index (χ3n) is 5.01. The van der Waals surface area contributed by atoms with Crippen LogP contribution in [0.2, 0.25) is 0 Å². The molecule has 0 spiro atoms. The summed E-state index contributed by atoms with van der Waals surface area (Å²) in [6.45, 7) is 0.874. The summed E-state index contributed by atoms with van der Waals surface area (Å²) in [4.78, 5) is 33.7. The van der Waals surface area contributed by atoms with E-state index in [0.29, 0.717) is 13.1 Å². The molecular weight excluding hydrogens is 372 g/mol. The normalized spacial score (nSPS) is 15.0. The molecule has 2 amide bonds. The highest BCUT2D eigenvalue weighted by Gasteiger charge is 2.24. The van der Waals surface area contributed by atoms with Crippen LogP contribution in [0, 0.1) is 0 Å². The summed E-state index contributed by atoms with van der Waals surface area (Å²) in [5.74, 6) is -0.709. The van der Waals surface area contributed by atoms with E-state index in [1.807, 2.05) is 35.1 Å². The lowest BCUT2D eigenvalue weighted by Gasteiger charge is -2.32. The summed E-state index contributed by atoms with van der Waals surface area (Å²) in [7, 11) is 0. The van der Waals surface area contributed by atoms with Gasteiger partial charge >= 0.3 is 0 Å². The minimum absolute atomic E-state index is 0.125. The van der Waals surface area contributed by atoms with Gasteiger partial charge in [-0.1, -0.05) is 12.1 Å². The lowest BCUT2D eigenvalue weighted by molar-refractivity contribution is -0.138. The number of hydrogen-bond acceptors (Lipinski definition) is 6. The van der Waals surface area contributed by atoms with Gasteiger partial charge in [-0.15, -0.1) is 0 Å². The van der Waals surface area contributed by atoms with Crippen molar-refractivity contribution >= 4 is 22.8 Å². The zero-order valence-electron chi connectivity index (χ0n) is 15.9. The van der Waals surface area contributed by atoms with Crippen LogP contribution < -0.4 is 5.73 Å². The van der Waals surface area contributed by atoms with Crippen LogP contribution in [-0.2, 0) is 14.3 Å². The van der Waals surface area contributed by atoms with Gasteiger partial charge in [0.1, 0.15) is 13.2 Å². The number of benzene rings is 1. The first-order chi connectivity index (χ1) is 14.1. The Balaban J connectivity index is 1.36. The van der Waals surface area contributed by atoms with E-state index in [2.05, 4.69) is 15.1 Å². The van der Waals surface area contributed by atoms with Crippen molar-refractivity contribution < 1.29 is 14.3 Å². The molecular formula is C20H22N6O3. The zero-order chi connectivity index (χ0) is 20.2. The third-order valence-corrected chi connectivity index (χ3v) is 5.01. The number of likely N-dealkylation sites (tertiary alicyclic amines) is 1. The summed E-state index contributed by atoms with van der Waals surface area (Å²) in [6, 6.07) is 7.97. The second-order valence-corrected chi connectivity index (χ2v) is 7.02. The van der Waals surface area contributed by atoms with E-state index in [0.717, 1.165) is 35.1 Å². The molecule has 0 radical (unpaired) electrons. The Morgan fingerprint density at radius 2 is 1.86 bits per heavy atom. The van der Waals surface area contributed by atoms with Gasteiger partial charge in [0, 0.05) is 24.8 Å². The molecule has 9 nitrogen and oxygen atoms in total. The lowest BCUT2D eigenvalue weighted by atomic mass is 10.1. The summed E-state index contributed by atoms with van der Waals surface area (Å²) in [5, 5.41) is 4.50. The molecule has 29 heavy (non-hydrogen) atoms. The van der Waals surface area contributed by atoms with Crippen LogP contribution >= 0.6 is 0 Å². The van der Waals surface area contributed by atoms with Gasteiger partial charge in [0.25, 0.3) is 0 Å². The first kappa shape index (κ1) is 19.0. The largest absolute Gasteiger partial charge is 0.368 e. The number of primary amides is 1. The summed E-state index contributed by atoms with van der Waals surface area (Å²) >= 11 is 0. The fourth-order valence-electron chi connectivity index (χ4n) is 3.48. The Hall–Kier alpha value is -3.33. The van der Waals surface area contributed by atoms with Gasteiger partial charge in [-0.3, -0.25) is 19.3 Å². The first-order valence-corrected chi connectivity index (χ1v) is 9.50. The smallest absolute Gasteiger partial charge is 0.248 e. The van der Waals surface area contributed by atoms with Crippen molar-refractivity contribution in [2.75, 3.05) is 26.3 Å². The average Bonchev–Trinajstić information content (AvgIpc) is 3.23. The number of piperidine rings is 1. The van der Waals surface area contributed by atoms with E-state index in [9.17, 15) is 9.59 Å². The number of para-hydroxylation sites is 2. The fourth-order valence-corrected chi connectivity index (χ4v) is 3.48.